The Hall–Kier alpha value is -0.810. The molecule has 0 radical (unpaired) electrons. The Labute approximate surface area is 113 Å². The van der Waals surface area contributed by atoms with Crippen LogP contribution in [0.5, 0.6) is 0 Å². The number of nitrogens with two attached hydrogens (primary N) is 1. The minimum Gasteiger partial charge on any atom is -0.374 e. The second-order valence-corrected chi connectivity index (χ2v) is 4.92. The van der Waals surface area contributed by atoms with E-state index in [0.717, 1.165) is 11.3 Å². The van der Waals surface area contributed by atoms with Crippen molar-refractivity contribution in [2.75, 3.05) is 26.1 Å². The first-order valence-corrected chi connectivity index (χ1v) is 6.14. The van der Waals surface area contributed by atoms with Crippen LogP contribution in [-0.2, 0) is 9.47 Å². The van der Waals surface area contributed by atoms with Crippen molar-refractivity contribution in [2.24, 2.45) is 5.73 Å². The van der Waals surface area contributed by atoms with Gasteiger partial charge >= 0.3 is 0 Å². The third-order valence-electron chi connectivity index (χ3n) is 2.97. The summed E-state index contributed by atoms with van der Waals surface area (Å²) in [5.74, 6) is 0. The number of hydrogen-bond donors (Lipinski definition) is 2. The van der Waals surface area contributed by atoms with Crippen LogP contribution < -0.4 is 11.1 Å². The fourth-order valence-electron chi connectivity index (χ4n) is 1.82. The second kappa shape index (κ2) is 6.38. The molecule has 102 valence electrons. The van der Waals surface area contributed by atoms with E-state index < -0.39 is 11.8 Å². The molecule has 0 aliphatic rings. The van der Waals surface area contributed by atoms with Gasteiger partial charge in [0, 0.05) is 31.5 Å². The van der Waals surface area contributed by atoms with E-state index in [1.54, 1.807) is 14.2 Å². The largest absolute Gasteiger partial charge is 0.374 e. The topological polar surface area (TPSA) is 56.5 Å². The number of anilines is 1. The number of nitrogens with one attached hydrogen (secondary N) is 1. The van der Waals surface area contributed by atoms with Crippen LogP contribution in [0.3, 0.4) is 0 Å². The van der Waals surface area contributed by atoms with Crippen LogP contribution in [0, 0.1) is 6.92 Å². The summed E-state index contributed by atoms with van der Waals surface area (Å²) < 4.78 is 10.6. The van der Waals surface area contributed by atoms with Crippen molar-refractivity contribution in [3.05, 3.63) is 28.8 Å². The van der Waals surface area contributed by atoms with Gasteiger partial charge < -0.3 is 20.5 Å². The molecule has 0 bridgehead atoms. The lowest BCUT2D eigenvalue weighted by molar-refractivity contribution is -0.134. The molecule has 18 heavy (non-hydrogen) atoms. The molecular weight excluding hydrogens is 252 g/mol. The van der Waals surface area contributed by atoms with Gasteiger partial charge in [0.2, 0.25) is 0 Å². The third kappa shape index (κ3) is 3.36. The Morgan fingerprint density at radius 1 is 1.39 bits per heavy atom. The highest BCUT2D eigenvalue weighted by atomic mass is 35.5. The van der Waals surface area contributed by atoms with Gasteiger partial charge in [0.15, 0.2) is 6.29 Å². The molecular formula is C13H21ClN2O2. The number of benzene rings is 1. The minimum atomic E-state index is -0.526. The first kappa shape index (κ1) is 15.2. The smallest absolute Gasteiger partial charge is 0.180 e. The number of methoxy groups -OCH3 is 2. The van der Waals surface area contributed by atoms with E-state index in [1.165, 1.54) is 0 Å². The van der Waals surface area contributed by atoms with Crippen LogP contribution in [0.4, 0.5) is 5.69 Å². The molecule has 1 atom stereocenters. The molecule has 0 spiro atoms. The molecule has 0 saturated carbocycles. The summed E-state index contributed by atoms with van der Waals surface area (Å²) >= 11 is 6.10. The molecule has 0 amide bonds. The molecule has 3 N–H and O–H groups in total. The Balaban J connectivity index is 2.94. The Morgan fingerprint density at radius 2 is 2.00 bits per heavy atom. The highest BCUT2D eigenvalue weighted by Crippen LogP contribution is 2.24. The maximum absolute atomic E-state index is 6.10. The molecule has 4 nitrogen and oxygen atoms in total. The van der Waals surface area contributed by atoms with Gasteiger partial charge in [0.1, 0.15) is 0 Å². The van der Waals surface area contributed by atoms with Crippen molar-refractivity contribution in [1.29, 1.82) is 0 Å². The molecule has 1 unspecified atom stereocenters. The second-order valence-electron chi connectivity index (χ2n) is 4.51. The van der Waals surface area contributed by atoms with Crippen molar-refractivity contribution in [1.82, 2.24) is 0 Å². The van der Waals surface area contributed by atoms with Gasteiger partial charge in [0.05, 0.1) is 5.54 Å². The summed E-state index contributed by atoms with van der Waals surface area (Å²) in [4.78, 5) is 0. The zero-order valence-corrected chi connectivity index (χ0v) is 12.0. The molecule has 1 rings (SSSR count). The van der Waals surface area contributed by atoms with Crippen LogP contribution in [-0.4, -0.2) is 32.6 Å². The third-order valence-corrected chi connectivity index (χ3v) is 3.38. The predicted molar refractivity (Wildman–Crippen MR) is 75.1 cm³/mol. The average Bonchev–Trinajstić information content (AvgIpc) is 2.35. The van der Waals surface area contributed by atoms with Crippen molar-refractivity contribution in [3.8, 4) is 0 Å². The molecule has 0 saturated heterocycles. The van der Waals surface area contributed by atoms with Crippen LogP contribution in [0.25, 0.3) is 0 Å². The van der Waals surface area contributed by atoms with Gasteiger partial charge in [-0.2, -0.15) is 0 Å². The number of hydrogen-bond acceptors (Lipinski definition) is 4. The van der Waals surface area contributed by atoms with E-state index in [1.807, 2.05) is 32.0 Å². The normalized spacial score (nSPS) is 14.6. The zero-order valence-electron chi connectivity index (χ0n) is 11.3. The summed E-state index contributed by atoms with van der Waals surface area (Å²) in [6.07, 6.45) is -0.442. The standard InChI is InChI=1S/C13H21ClN2O2/c1-9-5-6-10(7-11(9)14)16-13(2,8-15)12(17-3)18-4/h5-7,12,16H,8,15H2,1-4H3. The van der Waals surface area contributed by atoms with Crippen LogP contribution in [0.15, 0.2) is 18.2 Å². The van der Waals surface area contributed by atoms with Crippen molar-refractivity contribution in [3.63, 3.8) is 0 Å². The van der Waals surface area contributed by atoms with Crippen molar-refractivity contribution in [2.45, 2.75) is 25.7 Å². The van der Waals surface area contributed by atoms with Crippen molar-refractivity contribution >= 4 is 17.3 Å². The minimum absolute atomic E-state index is 0.366. The van der Waals surface area contributed by atoms with Crippen LogP contribution >= 0.6 is 11.6 Å². The summed E-state index contributed by atoms with van der Waals surface area (Å²) in [7, 11) is 3.18. The van der Waals surface area contributed by atoms with Crippen LogP contribution in [0.1, 0.15) is 12.5 Å². The van der Waals surface area contributed by atoms with Gasteiger partial charge in [-0.15, -0.1) is 0 Å². The summed E-state index contributed by atoms with van der Waals surface area (Å²) in [6.45, 7) is 4.27. The first-order chi connectivity index (χ1) is 8.46. The molecule has 5 heteroatoms. The van der Waals surface area contributed by atoms with Gasteiger partial charge in [-0.05, 0) is 31.5 Å². The van der Waals surface area contributed by atoms with Crippen LogP contribution in [0.2, 0.25) is 5.02 Å². The average molecular weight is 273 g/mol. The number of ether oxygens (including phenoxy) is 2. The Morgan fingerprint density at radius 3 is 2.44 bits per heavy atom. The number of aryl methyl sites for hydroxylation is 1. The van der Waals surface area contributed by atoms with E-state index in [-0.39, 0.29) is 0 Å². The Kier molecular flexibility index (Phi) is 5.41. The quantitative estimate of drug-likeness (QED) is 0.781. The molecule has 0 heterocycles. The van der Waals surface area contributed by atoms with Gasteiger partial charge in [0.25, 0.3) is 0 Å². The maximum atomic E-state index is 6.10. The monoisotopic (exact) mass is 272 g/mol. The number of rotatable bonds is 6. The lowest BCUT2D eigenvalue weighted by Gasteiger charge is -2.36. The summed E-state index contributed by atoms with van der Waals surface area (Å²) in [5, 5.41) is 4.03. The van der Waals surface area contributed by atoms with E-state index in [2.05, 4.69) is 5.32 Å². The van der Waals surface area contributed by atoms with E-state index in [0.29, 0.717) is 11.6 Å². The molecule has 0 aromatic heterocycles. The highest BCUT2D eigenvalue weighted by Gasteiger charge is 2.33. The Bertz CT molecular complexity index is 397. The molecule has 0 fully saturated rings. The highest BCUT2D eigenvalue weighted by molar-refractivity contribution is 6.31. The van der Waals surface area contributed by atoms with Gasteiger partial charge in [-0.1, -0.05) is 17.7 Å². The molecule has 0 aliphatic heterocycles. The first-order valence-electron chi connectivity index (χ1n) is 5.77. The fourth-order valence-corrected chi connectivity index (χ4v) is 2.00. The summed E-state index contributed by atoms with van der Waals surface area (Å²) in [5.41, 5.74) is 7.21. The SMILES string of the molecule is COC(OC)C(C)(CN)Nc1ccc(C)c(Cl)c1. The van der Waals surface area contributed by atoms with E-state index in [4.69, 9.17) is 26.8 Å². The van der Waals surface area contributed by atoms with Gasteiger partial charge in [-0.3, -0.25) is 0 Å². The molecule has 1 aromatic carbocycles. The number of halogens is 1. The summed E-state index contributed by atoms with van der Waals surface area (Å²) in [6, 6.07) is 5.78. The van der Waals surface area contributed by atoms with E-state index >= 15 is 0 Å². The zero-order chi connectivity index (χ0) is 13.8. The lowest BCUT2D eigenvalue weighted by atomic mass is 10.0. The lowest BCUT2D eigenvalue weighted by Crippen LogP contribution is -2.54. The fraction of sp³-hybridized carbons (Fsp3) is 0.538. The van der Waals surface area contributed by atoms with E-state index in [9.17, 15) is 0 Å². The van der Waals surface area contributed by atoms with Crippen molar-refractivity contribution < 1.29 is 9.47 Å². The predicted octanol–water partition coefficient (Wildman–Crippen LogP) is 2.40. The molecule has 1 aromatic rings. The maximum Gasteiger partial charge on any atom is 0.180 e. The molecule has 0 aliphatic carbocycles. The van der Waals surface area contributed by atoms with Gasteiger partial charge in [-0.25, -0.2) is 0 Å².